The topological polar surface area (TPSA) is 75.6 Å². The highest BCUT2D eigenvalue weighted by molar-refractivity contribution is 5.95. The molecule has 0 saturated carbocycles. The second-order valence-corrected chi connectivity index (χ2v) is 4.11. The molecule has 1 amide bonds. The molecule has 0 aliphatic heterocycles. The van der Waals surface area contributed by atoms with Crippen molar-refractivity contribution in [3.63, 3.8) is 0 Å². The summed E-state index contributed by atoms with van der Waals surface area (Å²) in [5.74, 6) is 1.00. The zero-order valence-electron chi connectivity index (χ0n) is 10.3. The van der Waals surface area contributed by atoms with Gasteiger partial charge in [-0.3, -0.25) is 4.79 Å². The lowest BCUT2D eigenvalue weighted by atomic mass is 10.2. The van der Waals surface area contributed by atoms with E-state index < -0.39 is 6.10 Å². The molecule has 0 fully saturated rings. The van der Waals surface area contributed by atoms with E-state index in [1.807, 2.05) is 0 Å². The molecule has 0 bridgehead atoms. The molecule has 0 aliphatic rings. The minimum absolute atomic E-state index is 0.127. The Bertz CT molecular complexity index is 527. The minimum Gasteiger partial charge on any atom is -0.472 e. The van der Waals surface area contributed by atoms with E-state index in [0.717, 1.165) is 0 Å². The Morgan fingerprint density at radius 3 is 2.83 bits per heavy atom. The third-order valence-corrected chi connectivity index (χ3v) is 2.67. The molecule has 2 aromatic rings. The summed E-state index contributed by atoms with van der Waals surface area (Å²) in [6, 6.07) is 3.33. The van der Waals surface area contributed by atoms with Crippen molar-refractivity contribution in [2.45, 2.75) is 20.0 Å². The van der Waals surface area contributed by atoms with Crippen LogP contribution in [0, 0.1) is 13.8 Å². The van der Waals surface area contributed by atoms with Gasteiger partial charge in [-0.2, -0.15) is 0 Å². The molecular formula is C13H15NO4. The van der Waals surface area contributed by atoms with Gasteiger partial charge in [-0.25, -0.2) is 0 Å². The number of carbonyl (C=O) groups is 1. The first-order valence-corrected chi connectivity index (χ1v) is 5.63. The van der Waals surface area contributed by atoms with Crippen molar-refractivity contribution in [3.05, 3.63) is 47.3 Å². The molecular weight excluding hydrogens is 234 g/mol. The molecule has 0 unspecified atom stereocenters. The van der Waals surface area contributed by atoms with Gasteiger partial charge >= 0.3 is 0 Å². The Morgan fingerprint density at radius 1 is 1.50 bits per heavy atom. The van der Waals surface area contributed by atoms with Crippen molar-refractivity contribution in [2.75, 3.05) is 6.54 Å². The van der Waals surface area contributed by atoms with Crippen molar-refractivity contribution in [3.8, 4) is 0 Å². The van der Waals surface area contributed by atoms with E-state index in [9.17, 15) is 9.90 Å². The summed E-state index contributed by atoms with van der Waals surface area (Å²) >= 11 is 0. The number of amides is 1. The number of hydrogen-bond donors (Lipinski definition) is 2. The molecule has 1 atom stereocenters. The summed E-state index contributed by atoms with van der Waals surface area (Å²) in [5, 5.41) is 12.4. The Kier molecular flexibility index (Phi) is 3.53. The number of furan rings is 2. The van der Waals surface area contributed by atoms with Crippen molar-refractivity contribution < 1.29 is 18.7 Å². The van der Waals surface area contributed by atoms with Crippen LogP contribution in [0.3, 0.4) is 0 Å². The maximum absolute atomic E-state index is 11.8. The molecule has 0 aliphatic carbocycles. The molecule has 18 heavy (non-hydrogen) atoms. The molecule has 0 spiro atoms. The van der Waals surface area contributed by atoms with Gasteiger partial charge in [0.25, 0.3) is 5.91 Å². The predicted molar refractivity (Wildman–Crippen MR) is 64.2 cm³/mol. The van der Waals surface area contributed by atoms with E-state index >= 15 is 0 Å². The molecule has 5 heteroatoms. The SMILES string of the molecule is Cc1cc(C(=O)NC[C@@H](O)c2ccoc2)c(C)o1. The van der Waals surface area contributed by atoms with Gasteiger partial charge < -0.3 is 19.3 Å². The van der Waals surface area contributed by atoms with Crippen LogP contribution < -0.4 is 5.32 Å². The first-order chi connectivity index (χ1) is 8.58. The zero-order chi connectivity index (χ0) is 13.1. The van der Waals surface area contributed by atoms with Crippen LogP contribution in [-0.2, 0) is 0 Å². The van der Waals surface area contributed by atoms with Crippen LogP contribution >= 0.6 is 0 Å². The first kappa shape index (κ1) is 12.4. The fourth-order valence-electron chi connectivity index (χ4n) is 1.72. The molecule has 96 valence electrons. The molecule has 0 radical (unpaired) electrons. The quantitative estimate of drug-likeness (QED) is 0.868. The maximum Gasteiger partial charge on any atom is 0.254 e. The standard InChI is InChI=1S/C13H15NO4/c1-8-5-11(9(2)18-8)13(16)14-6-12(15)10-3-4-17-7-10/h3-5,7,12,15H,6H2,1-2H3,(H,14,16)/t12-/m1/s1. The Hall–Kier alpha value is -2.01. The number of rotatable bonds is 4. The maximum atomic E-state index is 11.8. The molecule has 0 saturated heterocycles. The second-order valence-electron chi connectivity index (χ2n) is 4.11. The van der Waals surface area contributed by atoms with Crippen molar-refractivity contribution >= 4 is 5.91 Å². The lowest BCUT2D eigenvalue weighted by molar-refractivity contribution is 0.0914. The monoisotopic (exact) mass is 249 g/mol. The predicted octanol–water partition coefficient (Wildman–Crippen LogP) is 1.95. The molecule has 0 aromatic carbocycles. The van der Waals surface area contributed by atoms with Gasteiger partial charge in [-0.1, -0.05) is 0 Å². The number of carbonyl (C=O) groups excluding carboxylic acids is 1. The van der Waals surface area contributed by atoms with Crippen LogP contribution in [-0.4, -0.2) is 17.6 Å². The van der Waals surface area contributed by atoms with Crippen LogP contribution in [0.5, 0.6) is 0 Å². The third-order valence-electron chi connectivity index (χ3n) is 2.67. The van der Waals surface area contributed by atoms with Crippen LogP contribution in [0.25, 0.3) is 0 Å². The average molecular weight is 249 g/mol. The average Bonchev–Trinajstić information content (AvgIpc) is 2.95. The van der Waals surface area contributed by atoms with E-state index in [0.29, 0.717) is 22.6 Å². The number of hydrogen-bond acceptors (Lipinski definition) is 4. The minimum atomic E-state index is -0.777. The summed E-state index contributed by atoms with van der Waals surface area (Å²) in [4.78, 5) is 11.8. The van der Waals surface area contributed by atoms with Gasteiger partial charge in [-0.05, 0) is 26.0 Å². The molecule has 2 rings (SSSR count). The summed E-state index contributed by atoms with van der Waals surface area (Å²) in [6.45, 7) is 3.64. The molecule has 2 heterocycles. The van der Waals surface area contributed by atoms with Gasteiger partial charge in [0.05, 0.1) is 24.2 Å². The summed E-state index contributed by atoms with van der Waals surface area (Å²) in [7, 11) is 0. The van der Waals surface area contributed by atoms with E-state index in [1.165, 1.54) is 12.5 Å². The summed E-state index contributed by atoms with van der Waals surface area (Å²) < 4.78 is 10.1. The van der Waals surface area contributed by atoms with Gasteiger partial charge in [0.1, 0.15) is 11.5 Å². The number of aliphatic hydroxyl groups excluding tert-OH is 1. The lowest BCUT2D eigenvalue weighted by Crippen LogP contribution is -2.28. The first-order valence-electron chi connectivity index (χ1n) is 5.63. The number of aryl methyl sites for hydroxylation is 2. The normalized spacial score (nSPS) is 12.4. The van der Waals surface area contributed by atoms with Crippen LogP contribution in [0.15, 0.2) is 33.5 Å². The highest BCUT2D eigenvalue weighted by Gasteiger charge is 2.15. The fraction of sp³-hybridized carbons (Fsp3) is 0.308. The van der Waals surface area contributed by atoms with E-state index in [4.69, 9.17) is 8.83 Å². The van der Waals surface area contributed by atoms with E-state index in [1.54, 1.807) is 26.0 Å². The largest absolute Gasteiger partial charge is 0.472 e. The third kappa shape index (κ3) is 2.62. The fourth-order valence-corrected chi connectivity index (χ4v) is 1.72. The van der Waals surface area contributed by atoms with Crippen LogP contribution in [0.4, 0.5) is 0 Å². The van der Waals surface area contributed by atoms with Crippen LogP contribution in [0.1, 0.15) is 33.5 Å². The zero-order valence-corrected chi connectivity index (χ0v) is 10.3. The Labute approximate surface area is 104 Å². The highest BCUT2D eigenvalue weighted by atomic mass is 16.3. The second kappa shape index (κ2) is 5.10. The van der Waals surface area contributed by atoms with Gasteiger partial charge in [0.15, 0.2) is 0 Å². The van der Waals surface area contributed by atoms with Crippen molar-refractivity contribution in [1.82, 2.24) is 5.32 Å². The van der Waals surface area contributed by atoms with Crippen LogP contribution in [0.2, 0.25) is 0 Å². The summed E-state index contributed by atoms with van der Waals surface area (Å²) in [6.07, 6.45) is 2.15. The van der Waals surface area contributed by atoms with Gasteiger partial charge in [0, 0.05) is 12.1 Å². The molecule has 2 aromatic heterocycles. The smallest absolute Gasteiger partial charge is 0.254 e. The molecule has 2 N–H and O–H groups in total. The van der Waals surface area contributed by atoms with E-state index in [2.05, 4.69) is 5.32 Å². The Balaban J connectivity index is 1.94. The number of nitrogens with one attached hydrogen (secondary N) is 1. The van der Waals surface area contributed by atoms with Gasteiger partial charge in [-0.15, -0.1) is 0 Å². The van der Waals surface area contributed by atoms with Crippen molar-refractivity contribution in [2.24, 2.45) is 0 Å². The highest BCUT2D eigenvalue weighted by Crippen LogP contribution is 2.15. The van der Waals surface area contributed by atoms with E-state index in [-0.39, 0.29) is 12.5 Å². The van der Waals surface area contributed by atoms with Crippen molar-refractivity contribution in [1.29, 1.82) is 0 Å². The Morgan fingerprint density at radius 2 is 2.28 bits per heavy atom. The number of aliphatic hydroxyl groups is 1. The lowest BCUT2D eigenvalue weighted by Gasteiger charge is -2.09. The summed E-state index contributed by atoms with van der Waals surface area (Å²) in [5.41, 5.74) is 1.13. The molecule has 5 nitrogen and oxygen atoms in total. The van der Waals surface area contributed by atoms with Gasteiger partial charge in [0.2, 0.25) is 0 Å².